The first-order chi connectivity index (χ1) is 19.3. The maximum absolute atomic E-state index is 14.4. The van der Waals surface area contributed by atoms with E-state index in [1.165, 1.54) is 4.90 Å². The van der Waals surface area contributed by atoms with E-state index in [1.54, 1.807) is 24.3 Å². The Labute approximate surface area is 234 Å². The number of aromatic nitrogens is 3. The fourth-order valence-corrected chi connectivity index (χ4v) is 5.18. The predicted octanol–water partition coefficient (Wildman–Crippen LogP) is 5.04. The zero-order valence-corrected chi connectivity index (χ0v) is 24.0. The molecule has 0 N–H and O–H groups in total. The molecule has 3 aromatic rings. The molecule has 9 nitrogen and oxygen atoms in total. The largest absolute Gasteiger partial charge is 0.489 e. The number of hydrogen-bond donors (Lipinski definition) is 0. The fourth-order valence-electron chi connectivity index (χ4n) is 4.42. The summed E-state index contributed by atoms with van der Waals surface area (Å²) in [6.07, 6.45) is -2.91. The molecule has 1 aliphatic heterocycles. The molecule has 0 bridgehead atoms. The van der Waals surface area contributed by atoms with Crippen molar-refractivity contribution in [1.82, 2.24) is 14.8 Å². The summed E-state index contributed by atoms with van der Waals surface area (Å²) >= 11 is 0. The minimum absolute atomic E-state index is 0.0104. The van der Waals surface area contributed by atoms with Gasteiger partial charge in [0.05, 0.1) is 31.2 Å². The van der Waals surface area contributed by atoms with Crippen molar-refractivity contribution in [1.29, 1.82) is 0 Å². The lowest BCUT2D eigenvalue weighted by Gasteiger charge is -2.29. The number of fused-ring (bicyclic) bond motifs is 1. The van der Waals surface area contributed by atoms with Crippen LogP contribution >= 0.6 is 0 Å². The Balaban J connectivity index is 1.65. The van der Waals surface area contributed by atoms with Crippen LogP contribution in [0.5, 0.6) is 5.75 Å². The van der Waals surface area contributed by atoms with Gasteiger partial charge in [-0.1, -0.05) is 43.9 Å². The van der Waals surface area contributed by atoms with Crippen molar-refractivity contribution < 1.29 is 36.6 Å². The van der Waals surface area contributed by atoms with Gasteiger partial charge in [-0.25, -0.2) is 14.5 Å². The van der Waals surface area contributed by atoms with E-state index in [0.29, 0.717) is 16.9 Å². The molecule has 4 rings (SSSR count). The van der Waals surface area contributed by atoms with Gasteiger partial charge in [0.15, 0.2) is 0 Å². The second kappa shape index (κ2) is 12.0. The Morgan fingerprint density at radius 1 is 1.17 bits per heavy atom. The summed E-state index contributed by atoms with van der Waals surface area (Å²) in [6, 6.07) is 8.12. The molecule has 0 spiro atoms. The Kier molecular flexibility index (Phi) is 8.82. The van der Waals surface area contributed by atoms with Crippen molar-refractivity contribution in [2.45, 2.75) is 51.2 Å². The van der Waals surface area contributed by atoms with Gasteiger partial charge < -0.3 is 19.1 Å². The minimum atomic E-state index is -4.98. The number of benzene rings is 1. The fraction of sp³-hybridized carbons (Fsp3) is 0.407. The molecule has 1 aliphatic rings. The van der Waals surface area contributed by atoms with Gasteiger partial charge in [-0.15, -0.1) is 0 Å². The third-order valence-electron chi connectivity index (χ3n) is 6.58. The highest BCUT2D eigenvalue weighted by Gasteiger charge is 2.42. The van der Waals surface area contributed by atoms with Gasteiger partial charge in [0.25, 0.3) is 5.56 Å². The second-order valence-electron chi connectivity index (χ2n) is 10.7. The van der Waals surface area contributed by atoms with E-state index in [9.17, 15) is 27.2 Å². The second-order valence-corrected chi connectivity index (χ2v) is 16.3. The lowest BCUT2D eigenvalue weighted by Crippen LogP contribution is -2.36. The molecule has 0 fully saturated rings. The van der Waals surface area contributed by atoms with Gasteiger partial charge in [-0.3, -0.25) is 4.79 Å². The number of carbonyl (C=O) groups excluding carboxylic acids is 1. The van der Waals surface area contributed by atoms with Gasteiger partial charge in [0, 0.05) is 27.3 Å². The van der Waals surface area contributed by atoms with Crippen LogP contribution in [0.15, 0.2) is 47.5 Å². The first kappa shape index (κ1) is 30.2. The molecule has 3 heterocycles. The number of halogens is 4. The number of carbonyl (C=O) groups is 1. The zero-order chi connectivity index (χ0) is 29.9. The highest BCUT2D eigenvalue weighted by atomic mass is 28.3. The lowest BCUT2D eigenvalue weighted by atomic mass is 10.1. The number of ether oxygens (including phenoxy) is 3. The Morgan fingerprint density at radius 3 is 2.59 bits per heavy atom. The van der Waals surface area contributed by atoms with Crippen LogP contribution in [-0.2, 0) is 28.9 Å². The van der Waals surface area contributed by atoms with Crippen LogP contribution in [0.1, 0.15) is 33.1 Å². The van der Waals surface area contributed by atoms with Gasteiger partial charge in [0.2, 0.25) is 5.95 Å². The van der Waals surface area contributed by atoms with Crippen LogP contribution in [0, 0.1) is 5.95 Å². The minimum Gasteiger partial charge on any atom is -0.489 e. The van der Waals surface area contributed by atoms with E-state index >= 15 is 0 Å². The van der Waals surface area contributed by atoms with Crippen molar-refractivity contribution in [3.63, 3.8) is 0 Å². The molecule has 2 aromatic heterocycles. The summed E-state index contributed by atoms with van der Waals surface area (Å²) in [5.41, 5.74) is -2.12. The number of hydrogen-bond acceptors (Lipinski definition) is 8. The molecule has 0 radical (unpaired) electrons. The molecule has 0 amide bonds. The van der Waals surface area contributed by atoms with Crippen molar-refractivity contribution in [3.8, 4) is 5.75 Å². The monoisotopic (exact) mass is 594 g/mol. The van der Waals surface area contributed by atoms with Crippen LogP contribution < -0.4 is 15.2 Å². The molecule has 1 atom stereocenters. The van der Waals surface area contributed by atoms with E-state index in [1.807, 2.05) is 0 Å². The number of methoxy groups -OCH3 is 1. The molecule has 220 valence electrons. The summed E-state index contributed by atoms with van der Waals surface area (Å²) in [4.78, 5) is 29.8. The maximum atomic E-state index is 14.4. The average Bonchev–Trinajstić information content (AvgIpc) is 3.27. The van der Waals surface area contributed by atoms with Gasteiger partial charge in [-0.05, 0) is 17.2 Å². The number of pyridine rings is 1. The predicted molar refractivity (Wildman–Crippen MR) is 144 cm³/mol. The van der Waals surface area contributed by atoms with Gasteiger partial charge in [-0.2, -0.15) is 22.7 Å². The first-order valence-corrected chi connectivity index (χ1v) is 16.5. The highest BCUT2D eigenvalue weighted by molar-refractivity contribution is 6.76. The molecule has 41 heavy (non-hydrogen) atoms. The highest BCUT2D eigenvalue weighted by Crippen LogP contribution is 2.42. The smallest absolute Gasteiger partial charge is 0.423 e. The number of nitrogens with zero attached hydrogens (tertiary/aromatic N) is 4. The third-order valence-corrected chi connectivity index (χ3v) is 8.29. The van der Waals surface area contributed by atoms with Crippen molar-refractivity contribution >= 4 is 19.7 Å². The molecular weight excluding hydrogens is 564 g/mol. The summed E-state index contributed by atoms with van der Waals surface area (Å²) in [5, 5.41) is 4.00. The average molecular weight is 595 g/mol. The molecular formula is C27H30F4N4O5Si. The molecule has 0 saturated carbocycles. The number of esters is 1. The SMILES string of the molecule is COC(=O)c1cc(OCC2c3ccccc3CN2c2cnn(COCC[Si](C)(C)C)c(=O)c2C(F)(F)F)cnc1F. The number of alkyl halides is 3. The van der Waals surface area contributed by atoms with Crippen LogP contribution in [0.4, 0.5) is 23.2 Å². The topological polar surface area (TPSA) is 95.8 Å². The van der Waals surface area contributed by atoms with Gasteiger partial charge >= 0.3 is 12.1 Å². The van der Waals surface area contributed by atoms with E-state index in [-0.39, 0.29) is 18.9 Å². The van der Waals surface area contributed by atoms with E-state index in [4.69, 9.17) is 9.47 Å². The number of rotatable bonds is 10. The van der Waals surface area contributed by atoms with Crippen LogP contribution in [-0.4, -0.2) is 49.1 Å². The van der Waals surface area contributed by atoms with Crippen LogP contribution in [0.25, 0.3) is 0 Å². The van der Waals surface area contributed by atoms with E-state index in [0.717, 1.165) is 37.2 Å². The molecule has 1 unspecified atom stereocenters. The number of anilines is 1. The van der Waals surface area contributed by atoms with Crippen molar-refractivity contribution in [2.24, 2.45) is 0 Å². The third kappa shape index (κ3) is 6.93. The summed E-state index contributed by atoms with van der Waals surface area (Å²) < 4.78 is 73.5. The van der Waals surface area contributed by atoms with E-state index in [2.05, 4.69) is 34.5 Å². The molecule has 0 aliphatic carbocycles. The summed E-state index contributed by atoms with van der Waals surface area (Å²) in [6.45, 7) is 6.16. The van der Waals surface area contributed by atoms with Crippen LogP contribution in [0.2, 0.25) is 25.7 Å². The van der Waals surface area contributed by atoms with Crippen LogP contribution in [0.3, 0.4) is 0 Å². The van der Waals surface area contributed by atoms with Gasteiger partial charge in [0.1, 0.15) is 30.2 Å². The van der Waals surface area contributed by atoms with E-state index < -0.39 is 61.3 Å². The lowest BCUT2D eigenvalue weighted by molar-refractivity contribution is -0.138. The Morgan fingerprint density at radius 2 is 1.90 bits per heavy atom. The zero-order valence-electron chi connectivity index (χ0n) is 23.0. The molecule has 0 saturated heterocycles. The molecule has 14 heteroatoms. The Bertz CT molecular complexity index is 1480. The maximum Gasteiger partial charge on any atom is 0.423 e. The standard InChI is InChI=1S/C27H30F4N4O5Si/c1-38-26(37)20-11-18(12-32-24(20)28)40-15-22-19-8-6-5-7-17(19)14-34(22)21-13-33-35(16-39-9-10-41(2,3)4)25(36)23(21)27(29,30)31/h5-8,11-13,22H,9-10,14-16H2,1-4H3. The van der Waals surface area contributed by atoms with Crippen molar-refractivity contribution in [3.05, 3.63) is 81.3 Å². The molecule has 1 aromatic carbocycles. The Hall–Kier alpha value is -3.78. The first-order valence-electron chi connectivity index (χ1n) is 12.8. The summed E-state index contributed by atoms with van der Waals surface area (Å²) in [5.74, 6) is -2.00. The normalized spacial score (nSPS) is 15.1. The van der Waals surface area contributed by atoms with Crippen molar-refractivity contribution in [2.75, 3.05) is 25.2 Å². The quantitative estimate of drug-likeness (QED) is 0.106. The summed E-state index contributed by atoms with van der Waals surface area (Å²) in [7, 11) is -0.353.